The van der Waals surface area contributed by atoms with E-state index in [1.807, 2.05) is 36.4 Å². The number of halogens is 1. The Hall–Kier alpha value is -2.13. The van der Waals surface area contributed by atoms with Gasteiger partial charge in [-0.25, -0.2) is 4.98 Å². The molecule has 0 aliphatic carbocycles. The lowest BCUT2D eigenvalue weighted by Gasteiger charge is -1.96. The molecule has 4 heteroatoms. The van der Waals surface area contributed by atoms with E-state index in [-0.39, 0.29) is 0 Å². The van der Waals surface area contributed by atoms with E-state index in [0.29, 0.717) is 10.9 Å². The number of benzene rings is 1. The zero-order chi connectivity index (χ0) is 12.4. The summed E-state index contributed by atoms with van der Waals surface area (Å²) in [5.41, 5.74) is 1.86. The fourth-order valence-electron chi connectivity index (χ4n) is 1.65. The fourth-order valence-corrected chi connectivity index (χ4v) is 1.78. The number of rotatable bonds is 2. The first-order chi connectivity index (χ1) is 8.83. The van der Waals surface area contributed by atoms with E-state index in [9.17, 15) is 0 Å². The molecule has 0 atom stereocenters. The van der Waals surface area contributed by atoms with E-state index in [2.05, 4.69) is 9.97 Å². The lowest BCUT2D eigenvalue weighted by Crippen LogP contribution is -1.76. The predicted molar refractivity (Wildman–Crippen MR) is 70.2 cm³/mol. The number of hydrogen-bond donors (Lipinski definition) is 0. The summed E-state index contributed by atoms with van der Waals surface area (Å²) in [6.07, 6.45) is 5.13. The van der Waals surface area contributed by atoms with Crippen molar-refractivity contribution < 1.29 is 4.42 Å². The quantitative estimate of drug-likeness (QED) is 0.694. The van der Waals surface area contributed by atoms with E-state index >= 15 is 0 Å². The van der Waals surface area contributed by atoms with Crippen LogP contribution in [0.4, 0.5) is 0 Å². The van der Waals surface area contributed by atoms with Crippen molar-refractivity contribution in [2.45, 2.75) is 0 Å². The van der Waals surface area contributed by atoms with Crippen LogP contribution in [0.2, 0.25) is 5.02 Å². The van der Waals surface area contributed by atoms with E-state index in [1.165, 1.54) is 0 Å². The molecular weight excluding hydrogens is 248 g/mol. The molecule has 18 heavy (non-hydrogen) atoms. The number of aromatic nitrogens is 2. The summed E-state index contributed by atoms with van der Waals surface area (Å²) in [5.74, 6) is 1.31. The first-order valence-corrected chi connectivity index (χ1v) is 5.83. The average Bonchev–Trinajstić information content (AvgIpc) is 2.90. The molecule has 88 valence electrons. The SMILES string of the molecule is Clc1ccc(-c2cnc(-c3ccncc3)o2)cc1. The van der Waals surface area contributed by atoms with Crippen LogP contribution in [-0.4, -0.2) is 9.97 Å². The van der Waals surface area contributed by atoms with Gasteiger partial charge in [0.1, 0.15) is 0 Å². The first kappa shape index (κ1) is 11.0. The third-order valence-electron chi connectivity index (χ3n) is 2.56. The molecule has 0 N–H and O–H groups in total. The number of nitrogens with zero attached hydrogens (tertiary/aromatic N) is 2. The van der Waals surface area contributed by atoms with Crippen LogP contribution in [-0.2, 0) is 0 Å². The lowest BCUT2D eigenvalue weighted by atomic mass is 10.2. The molecule has 0 saturated heterocycles. The molecule has 0 bridgehead atoms. The standard InChI is InChI=1S/C14H9ClN2O/c15-12-3-1-10(2-4-12)13-9-17-14(18-13)11-5-7-16-8-6-11/h1-9H. The summed E-state index contributed by atoms with van der Waals surface area (Å²) >= 11 is 5.85. The van der Waals surface area contributed by atoms with Crippen LogP contribution >= 0.6 is 11.6 Å². The maximum absolute atomic E-state index is 5.85. The molecule has 3 aromatic rings. The van der Waals surface area contributed by atoms with Crippen molar-refractivity contribution in [2.75, 3.05) is 0 Å². The van der Waals surface area contributed by atoms with E-state index in [0.717, 1.165) is 16.9 Å². The summed E-state index contributed by atoms with van der Waals surface area (Å²) in [7, 11) is 0. The molecule has 0 spiro atoms. The van der Waals surface area contributed by atoms with Crippen molar-refractivity contribution in [3.8, 4) is 22.8 Å². The summed E-state index contributed by atoms with van der Waals surface area (Å²) in [5, 5.41) is 0.702. The highest BCUT2D eigenvalue weighted by molar-refractivity contribution is 6.30. The number of oxazole rings is 1. The average molecular weight is 257 g/mol. The van der Waals surface area contributed by atoms with Gasteiger partial charge in [-0.2, -0.15) is 0 Å². The summed E-state index contributed by atoms with van der Waals surface area (Å²) in [6, 6.07) is 11.2. The molecule has 0 aliphatic heterocycles. The van der Waals surface area contributed by atoms with E-state index in [4.69, 9.17) is 16.0 Å². The molecule has 3 rings (SSSR count). The van der Waals surface area contributed by atoms with Crippen LogP contribution in [0.25, 0.3) is 22.8 Å². The molecule has 0 saturated carbocycles. The van der Waals surface area contributed by atoms with E-state index in [1.54, 1.807) is 18.6 Å². The normalized spacial score (nSPS) is 10.5. The summed E-state index contributed by atoms with van der Waals surface area (Å²) in [4.78, 5) is 8.22. The molecule has 3 nitrogen and oxygen atoms in total. The minimum absolute atomic E-state index is 0.586. The van der Waals surface area contributed by atoms with Crippen LogP contribution in [0.15, 0.2) is 59.4 Å². The van der Waals surface area contributed by atoms with Gasteiger partial charge in [-0.15, -0.1) is 0 Å². The monoisotopic (exact) mass is 256 g/mol. The molecule has 1 aromatic carbocycles. The third-order valence-corrected chi connectivity index (χ3v) is 2.81. The van der Waals surface area contributed by atoms with Crippen LogP contribution in [0, 0.1) is 0 Å². The van der Waals surface area contributed by atoms with Crippen molar-refractivity contribution in [2.24, 2.45) is 0 Å². The zero-order valence-corrected chi connectivity index (χ0v) is 10.1. The van der Waals surface area contributed by atoms with Gasteiger partial charge in [0.15, 0.2) is 5.76 Å². The van der Waals surface area contributed by atoms with Gasteiger partial charge in [0, 0.05) is 28.5 Å². The van der Waals surface area contributed by atoms with Gasteiger partial charge in [0.25, 0.3) is 0 Å². The molecule has 2 aromatic heterocycles. The van der Waals surface area contributed by atoms with Gasteiger partial charge in [0.2, 0.25) is 5.89 Å². The van der Waals surface area contributed by atoms with Crippen LogP contribution in [0.5, 0.6) is 0 Å². The van der Waals surface area contributed by atoms with Crippen molar-refractivity contribution in [1.82, 2.24) is 9.97 Å². The van der Waals surface area contributed by atoms with Crippen molar-refractivity contribution in [3.05, 3.63) is 60.0 Å². The fraction of sp³-hybridized carbons (Fsp3) is 0. The molecule has 0 aliphatic rings. The van der Waals surface area contributed by atoms with E-state index < -0.39 is 0 Å². The Labute approximate surface area is 109 Å². The second-order valence-electron chi connectivity index (χ2n) is 3.77. The highest BCUT2D eigenvalue weighted by Gasteiger charge is 2.07. The Morgan fingerprint density at radius 1 is 0.889 bits per heavy atom. The maximum Gasteiger partial charge on any atom is 0.226 e. The Bertz CT molecular complexity index is 647. The number of hydrogen-bond acceptors (Lipinski definition) is 3. The van der Waals surface area contributed by atoms with Gasteiger partial charge in [-0.3, -0.25) is 4.98 Å². The molecule has 0 unspecified atom stereocenters. The maximum atomic E-state index is 5.85. The molecule has 0 amide bonds. The molecule has 0 fully saturated rings. The van der Waals surface area contributed by atoms with Gasteiger partial charge in [0.05, 0.1) is 6.20 Å². The largest absolute Gasteiger partial charge is 0.436 e. The minimum Gasteiger partial charge on any atom is -0.436 e. The van der Waals surface area contributed by atoms with Gasteiger partial charge < -0.3 is 4.42 Å². The Kier molecular flexibility index (Phi) is 2.82. The Morgan fingerprint density at radius 2 is 1.61 bits per heavy atom. The van der Waals surface area contributed by atoms with Crippen LogP contribution in [0.1, 0.15) is 0 Å². The topological polar surface area (TPSA) is 38.9 Å². The van der Waals surface area contributed by atoms with Crippen LogP contribution < -0.4 is 0 Å². The second kappa shape index (κ2) is 4.63. The second-order valence-corrected chi connectivity index (χ2v) is 4.21. The summed E-state index contributed by atoms with van der Waals surface area (Å²) in [6.45, 7) is 0. The first-order valence-electron chi connectivity index (χ1n) is 5.45. The van der Waals surface area contributed by atoms with Gasteiger partial charge >= 0.3 is 0 Å². The van der Waals surface area contributed by atoms with Crippen molar-refractivity contribution in [1.29, 1.82) is 0 Å². The highest BCUT2D eigenvalue weighted by atomic mass is 35.5. The summed E-state index contributed by atoms with van der Waals surface area (Å²) < 4.78 is 5.71. The molecule has 2 heterocycles. The molecule has 0 radical (unpaired) electrons. The van der Waals surface area contributed by atoms with Crippen molar-refractivity contribution in [3.63, 3.8) is 0 Å². The predicted octanol–water partition coefficient (Wildman–Crippen LogP) is 4.06. The van der Waals surface area contributed by atoms with Gasteiger partial charge in [-0.1, -0.05) is 11.6 Å². The van der Waals surface area contributed by atoms with Crippen molar-refractivity contribution >= 4 is 11.6 Å². The zero-order valence-electron chi connectivity index (χ0n) is 9.38. The van der Waals surface area contributed by atoms with Gasteiger partial charge in [-0.05, 0) is 36.4 Å². The number of pyridine rings is 1. The highest BCUT2D eigenvalue weighted by Crippen LogP contribution is 2.26. The molecular formula is C14H9ClN2O. The third kappa shape index (κ3) is 2.13. The Balaban J connectivity index is 1.97. The van der Waals surface area contributed by atoms with Crippen LogP contribution in [0.3, 0.4) is 0 Å². The smallest absolute Gasteiger partial charge is 0.226 e. The minimum atomic E-state index is 0.586. The Morgan fingerprint density at radius 3 is 2.33 bits per heavy atom. The lowest BCUT2D eigenvalue weighted by molar-refractivity contribution is 0.589.